The quantitative estimate of drug-likeness (QED) is 0.219. The van der Waals surface area contributed by atoms with Gasteiger partial charge >= 0.3 is 6.03 Å². The minimum absolute atomic E-state index is 0.0379. The molecule has 48 heavy (non-hydrogen) atoms. The maximum atomic E-state index is 14.5. The van der Waals surface area contributed by atoms with Crippen LogP contribution in [0.2, 0.25) is 0 Å². The van der Waals surface area contributed by atoms with E-state index in [0.29, 0.717) is 12.8 Å². The predicted octanol–water partition coefficient (Wildman–Crippen LogP) is 3.16. The van der Waals surface area contributed by atoms with Crippen molar-refractivity contribution in [2.75, 3.05) is 26.4 Å². The Morgan fingerprint density at radius 1 is 0.958 bits per heavy atom. The molecule has 14 heteroatoms. The number of unbranched alkanes of at least 4 members (excludes halogenated alkanes) is 1. The van der Waals surface area contributed by atoms with Crippen molar-refractivity contribution < 1.29 is 37.1 Å². The first kappa shape index (κ1) is 41.6. The van der Waals surface area contributed by atoms with Gasteiger partial charge in [0.05, 0.1) is 24.0 Å². The maximum absolute atomic E-state index is 14.5. The minimum atomic E-state index is -3.50. The molecule has 1 aliphatic carbocycles. The fourth-order valence-electron chi connectivity index (χ4n) is 6.36. The SMILES string of the molecule is CCCCC(NC(=O)[C@@H]1C[C@@H](OC(C)(C)C)CN1C(=O)[C@@H](NC(=O)N[C@H](CN(C)S(C)(=O)=O)C(C)(C)C)C1CCCCC1)C(=O)C(C)=O. The van der Waals surface area contributed by atoms with Crippen molar-refractivity contribution in [2.24, 2.45) is 11.3 Å². The minimum Gasteiger partial charge on any atom is -0.371 e. The number of urea groups is 1. The number of nitrogens with one attached hydrogen (secondary N) is 3. The van der Waals surface area contributed by atoms with Crippen LogP contribution in [0, 0.1) is 11.3 Å². The fraction of sp³-hybridized carbons (Fsp3) is 0.853. The van der Waals surface area contributed by atoms with Crippen molar-refractivity contribution in [2.45, 2.75) is 149 Å². The van der Waals surface area contributed by atoms with Gasteiger partial charge in [-0.15, -0.1) is 0 Å². The van der Waals surface area contributed by atoms with E-state index in [4.69, 9.17) is 4.74 Å². The number of rotatable bonds is 15. The van der Waals surface area contributed by atoms with E-state index in [1.807, 2.05) is 48.5 Å². The molecule has 0 aromatic heterocycles. The average Bonchev–Trinajstić information content (AvgIpc) is 3.38. The summed E-state index contributed by atoms with van der Waals surface area (Å²) in [6.07, 6.45) is 6.77. The largest absolute Gasteiger partial charge is 0.371 e. The van der Waals surface area contributed by atoms with Crippen molar-refractivity contribution in [3.05, 3.63) is 0 Å². The maximum Gasteiger partial charge on any atom is 0.315 e. The fourth-order valence-corrected chi connectivity index (χ4v) is 6.78. The van der Waals surface area contributed by atoms with Gasteiger partial charge in [-0.1, -0.05) is 59.8 Å². The number of hydrogen-bond acceptors (Lipinski definition) is 8. The lowest BCUT2D eigenvalue weighted by Crippen LogP contribution is -2.60. The zero-order valence-corrected chi connectivity index (χ0v) is 31.6. The van der Waals surface area contributed by atoms with Crippen LogP contribution in [-0.4, -0.2) is 109 Å². The summed E-state index contributed by atoms with van der Waals surface area (Å²) < 4.78 is 31.7. The number of carbonyl (C=O) groups is 5. The van der Waals surface area contributed by atoms with Crippen molar-refractivity contribution in [3.63, 3.8) is 0 Å². The Bertz CT molecular complexity index is 1250. The van der Waals surface area contributed by atoms with Crippen LogP contribution in [0.25, 0.3) is 0 Å². The van der Waals surface area contributed by atoms with Gasteiger partial charge in [0.25, 0.3) is 0 Å². The Morgan fingerprint density at radius 3 is 2.06 bits per heavy atom. The summed E-state index contributed by atoms with van der Waals surface area (Å²) >= 11 is 0. The molecular formula is C34H61N5O8S. The highest BCUT2D eigenvalue weighted by molar-refractivity contribution is 7.88. The van der Waals surface area contributed by atoms with Gasteiger partial charge in [-0.25, -0.2) is 17.5 Å². The Hall–Kier alpha value is -2.58. The van der Waals surface area contributed by atoms with E-state index in [9.17, 15) is 32.4 Å². The number of nitrogens with zero attached hydrogens (tertiary/aromatic N) is 2. The van der Waals surface area contributed by atoms with Gasteiger partial charge in [0, 0.05) is 39.5 Å². The monoisotopic (exact) mass is 699 g/mol. The number of amides is 4. The predicted molar refractivity (Wildman–Crippen MR) is 185 cm³/mol. The molecule has 0 aromatic carbocycles. The van der Waals surface area contributed by atoms with E-state index in [0.717, 1.165) is 44.8 Å². The number of sulfonamides is 1. The molecule has 1 unspecified atom stereocenters. The van der Waals surface area contributed by atoms with Gasteiger partial charge in [0.1, 0.15) is 12.1 Å². The second-order valence-corrected chi connectivity index (χ2v) is 17.8. The summed E-state index contributed by atoms with van der Waals surface area (Å²) in [4.78, 5) is 68.2. The number of likely N-dealkylation sites (tertiary alicyclic amines) is 1. The second kappa shape index (κ2) is 17.4. The van der Waals surface area contributed by atoms with E-state index in [1.165, 1.54) is 23.2 Å². The van der Waals surface area contributed by atoms with Crippen molar-refractivity contribution in [1.29, 1.82) is 0 Å². The molecule has 1 heterocycles. The molecule has 276 valence electrons. The van der Waals surface area contributed by atoms with E-state index in [2.05, 4.69) is 16.0 Å². The summed E-state index contributed by atoms with van der Waals surface area (Å²) in [6, 6.07) is -4.09. The van der Waals surface area contributed by atoms with Crippen LogP contribution >= 0.6 is 0 Å². The first-order chi connectivity index (χ1) is 22.0. The normalized spacial score (nSPS) is 21.4. The van der Waals surface area contributed by atoms with Crippen molar-refractivity contribution in [1.82, 2.24) is 25.2 Å². The van der Waals surface area contributed by atoms with Gasteiger partial charge in [-0.2, -0.15) is 0 Å². The topological polar surface area (TPSA) is 171 Å². The zero-order valence-electron chi connectivity index (χ0n) is 30.8. The third-order valence-corrected chi connectivity index (χ3v) is 10.5. The Morgan fingerprint density at radius 2 is 1.56 bits per heavy atom. The summed E-state index contributed by atoms with van der Waals surface area (Å²) in [7, 11) is -2.05. The van der Waals surface area contributed by atoms with Crippen LogP contribution in [0.15, 0.2) is 0 Å². The standard InChI is InChI=1S/C34H61N5O8S/c1-11-12-18-25(29(41)22(2)40)35-30(42)26-19-24(47-34(6,7)8)20-39(26)31(43)28(23-16-14-13-15-17-23)37-32(44)36-27(33(3,4)5)21-38(9)48(10,45)46/h23-28H,11-21H2,1-10H3,(H,35,42)(H2,36,37,44)/t24-,25?,26+,27-,28+/m1/s1. The number of carbonyl (C=O) groups excluding carboxylic acids is 5. The molecule has 0 bridgehead atoms. The number of ether oxygens (including phenoxy) is 1. The lowest BCUT2D eigenvalue weighted by Gasteiger charge is -2.37. The molecule has 13 nitrogen and oxygen atoms in total. The highest BCUT2D eigenvalue weighted by atomic mass is 32.2. The Balaban J connectivity index is 2.42. The zero-order chi connectivity index (χ0) is 36.6. The molecule has 1 saturated heterocycles. The van der Waals surface area contributed by atoms with Crippen LogP contribution in [0.3, 0.4) is 0 Å². The average molecular weight is 700 g/mol. The second-order valence-electron chi connectivity index (χ2n) is 15.7. The van der Waals surface area contributed by atoms with E-state index in [1.54, 1.807) is 0 Å². The number of likely N-dealkylation sites (N-methyl/N-ethyl adjacent to an activating group) is 1. The molecule has 1 saturated carbocycles. The Kier molecular flexibility index (Phi) is 15.1. The number of Topliss-reactive ketones (excluding diaryl/α,β-unsaturated/α-hetero) is 2. The van der Waals surface area contributed by atoms with Gasteiger partial charge in [0.15, 0.2) is 5.78 Å². The molecule has 5 atom stereocenters. The number of ketones is 2. The summed E-state index contributed by atoms with van der Waals surface area (Å²) in [6.45, 7) is 14.6. The van der Waals surface area contributed by atoms with Crippen molar-refractivity contribution >= 4 is 39.4 Å². The van der Waals surface area contributed by atoms with E-state index < -0.39 is 80.7 Å². The summed E-state index contributed by atoms with van der Waals surface area (Å²) in [5.41, 5.74) is -1.07. The molecule has 2 rings (SSSR count). The van der Waals surface area contributed by atoms with Crippen LogP contribution < -0.4 is 16.0 Å². The Labute approximate surface area is 288 Å². The first-order valence-corrected chi connectivity index (χ1v) is 19.2. The third kappa shape index (κ3) is 12.7. The molecule has 0 radical (unpaired) electrons. The smallest absolute Gasteiger partial charge is 0.315 e. The van der Waals surface area contributed by atoms with Crippen LogP contribution in [0.1, 0.15) is 113 Å². The lowest BCUT2D eigenvalue weighted by atomic mass is 9.83. The van der Waals surface area contributed by atoms with E-state index in [-0.39, 0.29) is 25.4 Å². The highest BCUT2D eigenvalue weighted by Gasteiger charge is 2.46. The number of hydrogen-bond donors (Lipinski definition) is 3. The van der Waals surface area contributed by atoms with Crippen molar-refractivity contribution in [3.8, 4) is 0 Å². The molecule has 1 aliphatic heterocycles. The van der Waals surface area contributed by atoms with Crippen LogP contribution in [-0.2, 0) is 33.9 Å². The van der Waals surface area contributed by atoms with Crippen LogP contribution in [0.4, 0.5) is 4.79 Å². The molecule has 2 fully saturated rings. The lowest BCUT2D eigenvalue weighted by molar-refractivity contribution is -0.143. The molecule has 4 amide bonds. The summed E-state index contributed by atoms with van der Waals surface area (Å²) in [5, 5.41) is 8.60. The van der Waals surface area contributed by atoms with Gasteiger partial charge in [-0.3, -0.25) is 19.2 Å². The molecule has 3 N–H and O–H groups in total. The third-order valence-electron chi connectivity index (χ3n) is 9.23. The molecular weight excluding hydrogens is 638 g/mol. The summed E-state index contributed by atoms with van der Waals surface area (Å²) in [5.74, 6) is -2.45. The van der Waals surface area contributed by atoms with Gasteiger partial charge in [-0.05, 0) is 51.4 Å². The van der Waals surface area contributed by atoms with Gasteiger partial charge in [0.2, 0.25) is 27.6 Å². The molecule has 0 aromatic rings. The highest BCUT2D eigenvalue weighted by Crippen LogP contribution is 2.31. The molecule has 2 aliphatic rings. The molecule has 0 spiro atoms. The van der Waals surface area contributed by atoms with Crippen LogP contribution in [0.5, 0.6) is 0 Å². The van der Waals surface area contributed by atoms with Gasteiger partial charge < -0.3 is 25.6 Å². The van der Waals surface area contributed by atoms with E-state index >= 15 is 0 Å². The first-order valence-electron chi connectivity index (χ1n) is 17.4.